The minimum Gasteiger partial charge on any atom is -0.320 e. The SMILES string of the molecule is CCC(C)(C)c1ccc(C(C)(N)C(C)(C)c2ccc(C(C)(C)C)c(S)c2)s1. The number of hydrogen-bond acceptors (Lipinski definition) is 3. The van der Waals surface area contributed by atoms with Gasteiger partial charge >= 0.3 is 0 Å². The van der Waals surface area contributed by atoms with Gasteiger partial charge in [0.25, 0.3) is 0 Å². The highest BCUT2D eigenvalue weighted by molar-refractivity contribution is 7.80. The van der Waals surface area contributed by atoms with Crippen LogP contribution in [0.3, 0.4) is 0 Å². The molecule has 0 aliphatic carbocycles. The molecule has 0 saturated carbocycles. The molecule has 0 aliphatic heterocycles. The summed E-state index contributed by atoms with van der Waals surface area (Å²) in [4.78, 5) is 3.69. The Morgan fingerprint density at radius 1 is 0.889 bits per heavy atom. The van der Waals surface area contributed by atoms with Gasteiger partial charge in [-0.2, -0.15) is 0 Å². The van der Waals surface area contributed by atoms with Crippen molar-refractivity contribution in [3.05, 3.63) is 51.2 Å². The minimum absolute atomic E-state index is 0.0835. The van der Waals surface area contributed by atoms with Crippen LogP contribution in [-0.4, -0.2) is 0 Å². The van der Waals surface area contributed by atoms with Gasteiger partial charge < -0.3 is 5.73 Å². The average Bonchev–Trinajstić information content (AvgIpc) is 3.04. The molecule has 1 heterocycles. The van der Waals surface area contributed by atoms with Gasteiger partial charge in [0.15, 0.2) is 0 Å². The molecule has 0 fully saturated rings. The Morgan fingerprint density at radius 3 is 1.93 bits per heavy atom. The standard InChI is InChI=1S/C24H37NS2/c1-10-22(5,6)19-13-14-20(27-19)24(9,25)23(7,8)16-11-12-17(18(26)15-16)21(2,3)4/h11-15,26H,10,25H2,1-9H3. The summed E-state index contributed by atoms with van der Waals surface area (Å²) in [5, 5.41) is 0. The van der Waals surface area contributed by atoms with E-state index in [0.717, 1.165) is 11.3 Å². The van der Waals surface area contributed by atoms with E-state index in [1.165, 1.54) is 20.9 Å². The number of nitrogens with two attached hydrogens (primary N) is 1. The minimum atomic E-state index is -0.469. The summed E-state index contributed by atoms with van der Waals surface area (Å²) in [6.07, 6.45) is 1.12. The van der Waals surface area contributed by atoms with Crippen molar-refractivity contribution in [3.8, 4) is 0 Å². The predicted octanol–water partition coefficient (Wildman–Crippen LogP) is 7.17. The number of hydrogen-bond donors (Lipinski definition) is 2. The van der Waals surface area contributed by atoms with Gasteiger partial charge in [0.05, 0.1) is 5.54 Å². The van der Waals surface area contributed by atoms with Gasteiger partial charge in [0.2, 0.25) is 0 Å². The summed E-state index contributed by atoms with van der Waals surface area (Å²) in [5.41, 5.74) is 9.09. The van der Waals surface area contributed by atoms with E-state index in [1.54, 1.807) is 0 Å². The van der Waals surface area contributed by atoms with Gasteiger partial charge in [-0.1, -0.05) is 67.5 Å². The Balaban J connectivity index is 2.47. The zero-order valence-corrected chi connectivity index (χ0v) is 20.2. The van der Waals surface area contributed by atoms with Crippen LogP contribution in [0, 0.1) is 0 Å². The van der Waals surface area contributed by atoms with Crippen LogP contribution in [0.15, 0.2) is 35.2 Å². The van der Waals surface area contributed by atoms with E-state index < -0.39 is 5.54 Å². The molecule has 2 aromatic rings. The molecule has 2 N–H and O–H groups in total. The first-order valence-electron chi connectivity index (χ1n) is 9.88. The number of rotatable bonds is 5. The Hall–Kier alpha value is -0.770. The molecule has 0 saturated heterocycles. The van der Waals surface area contributed by atoms with Crippen molar-refractivity contribution in [1.82, 2.24) is 0 Å². The van der Waals surface area contributed by atoms with Crippen LogP contribution in [-0.2, 0) is 21.8 Å². The third kappa shape index (κ3) is 4.16. The largest absolute Gasteiger partial charge is 0.320 e. The van der Waals surface area contributed by atoms with Crippen LogP contribution in [0.4, 0.5) is 0 Å². The molecule has 1 atom stereocenters. The molecule has 0 amide bonds. The van der Waals surface area contributed by atoms with Gasteiger partial charge in [0, 0.05) is 20.1 Å². The van der Waals surface area contributed by atoms with E-state index in [9.17, 15) is 0 Å². The summed E-state index contributed by atoms with van der Waals surface area (Å²) in [6, 6.07) is 11.1. The summed E-state index contributed by atoms with van der Waals surface area (Å²) >= 11 is 6.65. The first-order chi connectivity index (χ1) is 12.1. The first kappa shape index (κ1) is 22.5. The van der Waals surface area contributed by atoms with E-state index in [1.807, 2.05) is 11.3 Å². The van der Waals surface area contributed by atoms with Crippen molar-refractivity contribution >= 4 is 24.0 Å². The Kier molecular flexibility index (Phi) is 6.04. The smallest absolute Gasteiger partial charge is 0.0567 e. The molecular formula is C24H37NS2. The lowest BCUT2D eigenvalue weighted by Gasteiger charge is -2.42. The number of thiophene rings is 1. The van der Waals surface area contributed by atoms with Crippen LogP contribution in [0.25, 0.3) is 0 Å². The molecule has 2 rings (SSSR count). The molecule has 0 radical (unpaired) electrons. The van der Waals surface area contributed by atoms with E-state index >= 15 is 0 Å². The average molecular weight is 404 g/mol. The van der Waals surface area contributed by atoms with Gasteiger partial charge in [-0.05, 0) is 53.5 Å². The fourth-order valence-corrected chi connectivity index (χ4v) is 5.26. The maximum atomic E-state index is 7.01. The summed E-state index contributed by atoms with van der Waals surface area (Å²) in [5.74, 6) is 0. The molecule has 27 heavy (non-hydrogen) atoms. The molecule has 1 unspecified atom stereocenters. The van der Waals surface area contributed by atoms with Crippen LogP contribution in [0.2, 0.25) is 0 Å². The topological polar surface area (TPSA) is 26.0 Å². The Bertz CT molecular complexity index is 804. The van der Waals surface area contributed by atoms with Crippen molar-refractivity contribution in [2.75, 3.05) is 0 Å². The second-order valence-electron chi connectivity index (χ2n) is 10.2. The maximum absolute atomic E-state index is 7.01. The van der Waals surface area contributed by atoms with Gasteiger partial charge in [-0.15, -0.1) is 24.0 Å². The lowest BCUT2D eigenvalue weighted by Crippen LogP contribution is -2.49. The second kappa shape index (κ2) is 7.24. The van der Waals surface area contributed by atoms with Crippen molar-refractivity contribution in [3.63, 3.8) is 0 Å². The Morgan fingerprint density at radius 2 is 1.44 bits per heavy atom. The number of thiol groups is 1. The van der Waals surface area contributed by atoms with Crippen LogP contribution >= 0.6 is 24.0 Å². The van der Waals surface area contributed by atoms with E-state index in [0.29, 0.717) is 0 Å². The monoisotopic (exact) mass is 403 g/mol. The fraction of sp³-hybridized carbons (Fsp3) is 0.583. The number of benzene rings is 1. The third-order valence-electron chi connectivity index (χ3n) is 6.49. The molecule has 1 nitrogen and oxygen atoms in total. The zero-order valence-electron chi connectivity index (χ0n) is 18.5. The maximum Gasteiger partial charge on any atom is 0.0567 e. The van der Waals surface area contributed by atoms with Crippen molar-refractivity contribution in [2.45, 2.75) is 95.4 Å². The van der Waals surface area contributed by atoms with E-state index in [-0.39, 0.29) is 16.2 Å². The molecule has 150 valence electrons. The summed E-state index contributed by atoms with van der Waals surface area (Å²) < 4.78 is 0. The molecular weight excluding hydrogens is 366 g/mol. The second-order valence-corrected chi connectivity index (χ2v) is 11.8. The molecule has 1 aromatic carbocycles. The van der Waals surface area contributed by atoms with Gasteiger partial charge in [-0.3, -0.25) is 0 Å². The van der Waals surface area contributed by atoms with Gasteiger partial charge in [-0.25, -0.2) is 0 Å². The normalized spacial score (nSPS) is 15.7. The van der Waals surface area contributed by atoms with Crippen molar-refractivity contribution < 1.29 is 0 Å². The van der Waals surface area contributed by atoms with Crippen molar-refractivity contribution in [1.29, 1.82) is 0 Å². The highest BCUT2D eigenvalue weighted by Crippen LogP contribution is 2.45. The van der Waals surface area contributed by atoms with Crippen LogP contribution < -0.4 is 5.73 Å². The summed E-state index contributed by atoms with van der Waals surface area (Å²) in [7, 11) is 0. The van der Waals surface area contributed by atoms with Crippen LogP contribution in [0.5, 0.6) is 0 Å². The van der Waals surface area contributed by atoms with Crippen LogP contribution in [0.1, 0.15) is 89.6 Å². The summed E-state index contributed by atoms with van der Waals surface area (Å²) in [6.45, 7) is 20.2. The molecule has 0 aliphatic rings. The predicted molar refractivity (Wildman–Crippen MR) is 125 cm³/mol. The van der Waals surface area contributed by atoms with Crippen molar-refractivity contribution in [2.24, 2.45) is 5.73 Å². The zero-order chi connectivity index (χ0) is 20.8. The highest BCUT2D eigenvalue weighted by atomic mass is 32.1. The van der Waals surface area contributed by atoms with E-state index in [4.69, 9.17) is 18.4 Å². The molecule has 0 spiro atoms. The van der Waals surface area contributed by atoms with E-state index in [2.05, 4.69) is 92.6 Å². The first-order valence-corrected chi connectivity index (χ1v) is 11.1. The Labute approximate surface area is 176 Å². The molecule has 1 aromatic heterocycles. The fourth-order valence-electron chi connectivity index (χ4n) is 3.32. The van der Waals surface area contributed by atoms with Gasteiger partial charge in [0.1, 0.15) is 0 Å². The lowest BCUT2D eigenvalue weighted by molar-refractivity contribution is 0.290. The highest BCUT2D eigenvalue weighted by Gasteiger charge is 2.42. The lowest BCUT2D eigenvalue weighted by atomic mass is 9.68. The molecule has 0 bridgehead atoms. The third-order valence-corrected chi connectivity index (χ3v) is 8.55. The molecule has 3 heteroatoms. The quantitative estimate of drug-likeness (QED) is 0.508.